The lowest BCUT2D eigenvalue weighted by molar-refractivity contribution is -0.129. The van der Waals surface area contributed by atoms with Crippen molar-refractivity contribution in [1.82, 2.24) is 9.80 Å². The minimum absolute atomic E-state index is 0.154. The Balaban J connectivity index is 1.78. The van der Waals surface area contributed by atoms with E-state index in [0.717, 1.165) is 18.7 Å². The first-order valence-corrected chi connectivity index (χ1v) is 7.24. The molecular formula is C15H21ClN2O. The average molecular weight is 281 g/mol. The van der Waals surface area contributed by atoms with Crippen LogP contribution in [-0.2, 0) is 11.2 Å². The molecule has 1 amide bonds. The fraction of sp³-hybridized carbons (Fsp3) is 0.533. The van der Waals surface area contributed by atoms with Gasteiger partial charge in [0.15, 0.2) is 0 Å². The van der Waals surface area contributed by atoms with E-state index in [2.05, 4.69) is 4.90 Å². The molecule has 3 nitrogen and oxygen atoms in total. The van der Waals surface area contributed by atoms with Crippen molar-refractivity contribution < 1.29 is 4.79 Å². The number of hydrogen-bond donors (Lipinski definition) is 0. The number of carbonyl (C=O) groups excluding carboxylic acids is 1. The number of carbonyl (C=O) groups is 1. The van der Waals surface area contributed by atoms with E-state index in [1.807, 2.05) is 36.2 Å². The molecule has 0 aliphatic carbocycles. The van der Waals surface area contributed by atoms with Gasteiger partial charge in [-0.25, -0.2) is 0 Å². The molecule has 0 radical (unpaired) electrons. The number of amides is 1. The third-order valence-corrected chi connectivity index (χ3v) is 3.86. The van der Waals surface area contributed by atoms with Crippen molar-refractivity contribution >= 4 is 17.5 Å². The van der Waals surface area contributed by atoms with Crippen molar-refractivity contribution in [2.24, 2.45) is 0 Å². The van der Waals surface area contributed by atoms with Crippen molar-refractivity contribution in [3.05, 3.63) is 34.9 Å². The number of hydrogen-bond acceptors (Lipinski definition) is 2. The quantitative estimate of drug-likeness (QED) is 0.827. The van der Waals surface area contributed by atoms with Gasteiger partial charge in [-0.2, -0.15) is 0 Å². The Kier molecular flexibility index (Phi) is 5.23. The summed E-state index contributed by atoms with van der Waals surface area (Å²) >= 11 is 5.92. The van der Waals surface area contributed by atoms with E-state index in [1.54, 1.807) is 0 Å². The first kappa shape index (κ1) is 14.4. The smallest absolute Gasteiger partial charge is 0.226 e. The van der Waals surface area contributed by atoms with E-state index in [0.29, 0.717) is 11.4 Å². The second kappa shape index (κ2) is 6.92. The number of nitrogens with zero attached hydrogens (tertiary/aromatic N) is 2. The molecule has 104 valence electrons. The standard InChI is InChI=1S/C15H21ClN2O/c1-17(9-10-18-7-2-3-8-18)15(19)12-13-5-4-6-14(16)11-13/h4-6,11H,2-3,7-10,12H2,1H3. The van der Waals surface area contributed by atoms with Gasteiger partial charge in [-0.05, 0) is 43.6 Å². The fourth-order valence-electron chi connectivity index (χ4n) is 2.38. The van der Waals surface area contributed by atoms with E-state index < -0.39 is 0 Å². The number of likely N-dealkylation sites (tertiary alicyclic amines) is 1. The molecule has 0 spiro atoms. The fourth-order valence-corrected chi connectivity index (χ4v) is 2.59. The maximum absolute atomic E-state index is 12.1. The molecule has 4 heteroatoms. The van der Waals surface area contributed by atoms with Gasteiger partial charge in [0.05, 0.1) is 6.42 Å². The molecule has 0 bridgehead atoms. The van der Waals surface area contributed by atoms with Gasteiger partial charge in [-0.1, -0.05) is 23.7 Å². The monoisotopic (exact) mass is 280 g/mol. The second-order valence-corrected chi connectivity index (χ2v) is 5.61. The largest absolute Gasteiger partial charge is 0.344 e. The van der Waals surface area contributed by atoms with Crippen LogP contribution in [0.5, 0.6) is 0 Å². The van der Waals surface area contributed by atoms with Crippen LogP contribution in [0.4, 0.5) is 0 Å². The molecule has 19 heavy (non-hydrogen) atoms. The van der Waals surface area contributed by atoms with Gasteiger partial charge in [-0.15, -0.1) is 0 Å². The Morgan fingerprint density at radius 2 is 2.11 bits per heavy atom. The van der Waals surface area contributed by atoms with Gasteiger partial charge >= 0.3 is 0 Å². The Labute approximate surface area is 120 Å². The van der Waals surface area contributed by atoms with Crippen LogP contribution in [0.1, 0.15) is 18.4 Å². The number of rotatable bonds is 5. The van der Waals surface area contributed by atoms with Gasteiger partial charge in [0.2, 0.25) is 5.91 Å². The minimum atomic E-state index is 0.154. The van der Waals surface area contributed by atoms with E-state index in [9.17, 15) is 4.79 Å². The summed E-state index contributed by atoms with van der Waals surface area (Å²) in [5.41, 5.74) is 0.977. The molecule has 0 saturated carbocycles. The zero-order valence-electron chi connectivity index (χ0n) is 11.4. The summed E-state index contributed by atoms with van der Waals surface area (Å²) < 4.78 is 0. The summed E-state index contributed by atoms with van der Waals surface area (Å²) in [6.07, 6.45) is 3.01. The van der Waals surface area contributed by atoms with Crippen LogP contribution in [0, 0.1) is 0 Å². The SMILES string of the molecule is CN(CCN1CCCC1)C(=O)Cc1cccc(Cl)c1. The molecule has 0 N–H and O–H groups in total. The molecule has 0 atom stereocenters. The lowest BCUT2D eigenvalue weighted by Crippen LogP contribution is -2.35. The highest BCUT2D eigenvalue weighted by molar-refractivity contribution is 6.30. The molecule has 0 aromatic heterocycles. The average Bonchev–Trinajstić information content (AvgIpc) is 2.89. The lowest BCUT2D eigenvalue weighted by atomic mass is 10.1. The van der Waals surface area contributed by atoms with Gasteiger partial charge in [0.25, 0.3) is 0 Å². The molecule has 0 unspecified atom stereocenters. The maximum atomic E-state index is 12.1. The summed E-state index contributed by atoms with van der Waals surface area (Å²) in [5.74, 6) is 0.154. The Bertz CT molecular complexity index is 430. The molecule has 2 rings (SSSR count). The van der Waals surface area contributed by atoms with E-state index in [-0.39, 0.29) is 5.91 Å². The summed E-state index contributed by atoms with van der Waals surface area (Å²) in [6.45, 7) is 4.14. The predicted octanol–water partition coefficient (Wildman–Crippen LogP) is 2.44. The Morgan fingerprint density at radius 1 is 1.37 bits per heavy atom. The molecule has 1 aliphatic heterocycles. The summed E-state index contributed by atoms with van der Waals surface area (Å²) in [4.78, 5) is 16.3. The molecular weight excluding hydrogens is 260 g/mol. The third kappa shape index (κ3) is 4.51. The highest BCUT2D eigenvalue weighted by atomic mass is 35.5. The van der Waals surface area contributed by atoms with Crippen molar-refractivity contribution in [3.8, 4) is 0 Å². The third-order valence-electron chi connectivity index (χ3n) is 3.62. The predicted molar refractivity (Wildman–Crippen MR) is 78.5 cm³/mol. The Hall–Kier alpha value is -1.06. The molecule has 1 aromatic carbocycles. The summed E-state index contributed by atoms with van der Waals surface area (Å²) in [6, 6.07) is 7.51. The minimum Gasteiger partial charge on any atom is -0.344 e. The van der Waals surface area contributed by atoms with Crippen molar-refractivity contribution in [3.63, 3.8) is 0 Å². The van der Waals surface area contributed by atoms with Gasteiger partial charge in [0, 0.05) is 25.2 Å². The van der Waals surface area contributed by atoms with Crippen LogP contribution in [0.15, 0.2) is 24.3 Å². The van der Waals surface area contributed by atoms with Gasteiger partial charge in [0.1, 0.15) is 0 Å². The normalized spacial score (nSPS) is 15.7. The van der Waals surface area contributed by atoms with Crippen LogP contribution < -0.4 is 0 Å². The first-order valence-electron chi connectivity index (χ1n) is 6.86. The molecule has 1 heterocycles. The van der Waals surface area contributed by atoms with Crippen LogP contribution in [-0.4, -0.2) is 48.9 Å². The zero-order chi connectivity index (χ0) is 13.7. The van der Waals surface area contributed by atoms with Crippen molar-refractivity contribution in [1.29, 1.82) is 0 Å². The van der Waals surface area contributed by atoms with E-state index >= 15 is 0 Å². The van der Waals surface area contributed by atoms with Crippen LogP contribution in [0.2, 0.25) is 5.02 Å². The van der Waals surface area contributed by atoms with Gasteiger partial charge < -0.3 is 9.80 Å². The zero-order valence-corrected chi connectivity index (χ0v) is 12.2. The highest BCUT2D eigenvalue weighted by Crippen LogP contribution is 2.12. The maximum Gasteiger partial charge on any atom is 0.226 e. The van der Waals surface area contributed by atoms with Crippen LogP contribution in [0.3, 0.4) is 0 Å². The highest BCUT2D eigenvalue weighted by Gasteiger charge is 2.14. The van der Waals surface area contributed by atoms with Crippen LogP contribution in [0.25, 0.3) is 0 Å². The Morgan fingerprint density at radius 3 is 2.79 bits per heavy atom. The molecule has 1 fully saturated rings. The molecule has 1 aliphatic rings. The summed E-state index contributed by atoms with van der Waals surface area (Å²) in [7, 11) is 1.88. The second-order valence-electron chi connectivity index (χ2n) is 5.17. The van der Waals surface area contributed by atoms with E-state index in [1.165, 1.54) is 25.9 Å². The number of halogens is 1. The van der Waals surface area contributed by atoms with E-state index in [4.69, 9.17) is 11.6 Å². The first-order chi connectivity index (χ1) is 9.15. The van der Waals surface area contributed by atoms with Crippen LogP contribution >= 0.6 is 11.6 Å². The number of likely N-dealkylation sites (N-methyl/N-ethyl adjacent to an activating group) is 1. The van der Waals surface area contributed by atoms with Crippen molar-refractivity contribution in [2.45, 2.75) is 19.3 Å². The van der Waals surface area contributed by atoms with Gasteiger partial charge in [-0.3, -0.25) is 4.79 Å². The number of benzene rings is 1. The topological polar surface area (TPSA) is 23.6 Å². The molecule has 1 saturated heterocycles. The van der Waals surface area contributed by atoms with Crippen molar-refractivity contribution in [2.75, 3.05) is 33.2 Å². The lowest BCUT2D eigenvalue weighted by Gasteiger charge is -2.21. The molecule has 1 aromatic rings. The summed E-state index contributed by atoms with van der Waals surface area (Å²) in [5, 5.41) is 0.685.